The maximum Gasteiger partial charge on any atom is 0.0441 e. The quantitative estimate of drug-likeness (QED) is 0.222. The van der Waals surface area contributed by atoms with E-state index in [4.69, 9.17) is 0 Å². The first-order chi connectivity index (χ1) is 19.0. The van der Waals surface area contributed by atoms with Crippen molar-refractivity contribution < 1.29 is 0 Å². The zero-order valence-corrected chi connectivity index (χ0v) is 24.5. The van der Waals surface area contributed by atoms with Gasteiger partial charge in [-0.3, -0.25) is 0 Å². The fourth-order valence-electron chi connectivity index (χ4n) is 6.76. The van der Waals surface area contributed by atoms with Crippen molar-refractivity contribution in [2.24, 2.45) is 0 Å². The predicted molar refractivity (Wildman–Crippen MR) is 170 cm³/mol. The van der Waals surface area contributed by atoms with Gasteiger partial charge in [-0.15, -0.1) is 0 Å². The van der Waals surface area contributed by atoms with Gasteiger partial charge in [0.15, 0.2) is 0 Å². The minimum Gasteiger partial charge on any atom is -0.0683 e. The molecule has 0 heteroatoms. The van der Waals surface area contributed by atoms with Crippen LogP contribution in [0, 0.1) is 0 Å². The molecule has 0 radical (unpaired) electrons. The summed E-state index contributed by atoms with van der Waals surface area (Å²) in [5.41, 5.74) is 14.9. The van der Waals surface area contributed by atoms with E-state index in [0.29, 0.717) is 0 Å². The number of rotatable bonds is 2. The predicted octanol–water partition coefficient (Wildman–Crippen LogP) is 11.0. The van der Waals surface area contributed by atoms with Crippen LogP contribution in [0.5, 0.6) is 0 Å². The highest BCUT2D eigenvalue weighted by Gasteiger charge is 2.45. The van der Waals surface area contributed by atoms with Crippen LogP contribution < -0.4 is 0 Å². The molecule has 0 unspecified atom stereocenters. The van der Waals surface area contributed by atoms with Crippen molar-refractivity contribution in [2.75, 3.05) is 0 Å². The van der Waals surface area contributed by atoms with Gasteiger partial charge < -0.3 is 0 Å². The van der Waals surface area contributed by atoms with Crippen molar-refractivity contribution in [3.05, 3.63) is 143 Å². The van der Waals surface area contributed by atoms with E-state index < -0.39 is 0 Å². The maximum absolute atomic E-state index is 2.43. The molecule has 0 fully saturated rings. The molecule has 0 heterocycles. The van der Waals surface area contributed by atoms with E-state index in [0.717, 1.165) is 0 Å². The fourth-order valence-corrected chi connectivity index (χ4v) is 6.76. The van der Waals surface area contributed by atoms with Crippen LogP contribution >= 0.6 is 0 Å². The lowest BCUT2D eigenvalue weighted by atomic mass is 9.71. The summed E-state index contributed by atoms with van der Waals surface area (Å²) in [7, 11) is 0. The van der Waals surface area contributed by atoms with Gasteiger partial charge in [0.25, 0.3) is 0 Å². The highest BCUT2D eigenvalue weighted by atomic mass is 14.5. The van der Waals surface area contributed by atoms with Crippen LogP contribution in [0.3, 0.4) is 0 Å². The molecule has 196 valence electrons. The number of hydrogen-bond donors (Lipinski definition) is 0. The Morgan fingerprint density at radius 1 is 0.385 bits per heavy atom. The van der Waals surface area contributed by atoms with Crippen molar-refractivity contribution in [3.8, 4) is 33.4 Å². The van der Waals surface area contributed by atoms with Crippen LogP contribution in [0.4, 0.5) is 0 Å². The molecule has 0 aromatic heterocycles. The second kappa shape index (κ2) is 10.3. The minimum atomic E-state index is -0.200. The molecule has 0 amide bonds. The zero-order chi connectivity index (χ0) is 27.8. The summed E-state index contributed by atoms with van der Waals surface area (Å²) in [6.07, 6.45) is 0. The molecule has 0 saturated carbocycles. The Balaban J connectivity index is 0.000000738. The third kappa shape index (κ3) is 3.89. The smallest absolute Gasteiger partial charge is 0.0441 e. The molecule has 7 rings (SSSR count). The summed E-state index contributed by atoms with van der Waals surface area (Å²) in [5.74, 6) is 0. The van der Waals surface area contributed by atoms with Gasteiger partial charge in [-0.25, -0.2) is 0 Å². The molecular weight excluding hydrogens is 468 g/mol. The molecule has 0 spiro atoms. The molecule has 39 heavy (non-hydrogen) atoms. The monoisotopic (exact) mass is 508 g/mol. The largest absolute Gasteiger partial charge is 0.0683 e. The molecule has 5 aromatic carbocycles. The SMILES string of the molecule is CC.CC.CC1(C)c2cc(-c3ccccc3)ccc2-c2c1cccc2C1(C)c2ccccc2-c2ccccc21. The van der Waals surface area contributed by atoms with Crippen molar-refractivity contribution in [2.45, 2.75) is 59.3 Å². The highest BCUT2D eigenvalue weighted by molar-refractivity contribution is 5.90. The van der Waals surface area contributed by atoms with Gasteiger partial charge in [0.2, 0.25) is 0 Å². The normalized spacial score (nSPS) is 14.4. The molecule has 0 atom stereocenters. The average Bonchev–Trinajstić information content (AvgIpc) is 3.41. The van der Waals surface area contributed by atoms with Gasteiger partial charge in [-0.1, -0.05) is 151 Å². The maximum atomic E-state index is 2.43. The summed E-state index contributed by atoms with van der Waals surface area (Å²) in [6, 6.07) is 42.8. The van der Waals surface area contributed by atoms with Crippen LogP contribution in [0.15, 0.2) is 115 Å². The van der Waals surface area contributed by atoms with E-state index in [9.17, 15) is 0 Å². The standard InChI is InChI=1S/C35H28.2C2H6/c1-34(2)30-18-11-19-31(33(30)27-21-20-24(22-32(27)34)23-12-5-4-6-13-23)35(3)28-16-9-7-14-25(28)26-15-8-10-17-29(26)35;2*1-2/h4-22H,1-3H3;2*1-2H3. The number of benzene rings is 5. The van der Waals surface area contributed by atoms with Crippen LogP contribution in [-0.4, -0.2) is 0 Å². The summed E-state index contributed by atoms with van der Waals surface area (Å²) in [6.45, 7) is 15.2. The van der Waals surface area contributed by atoms with E-state index in [2.05, 4.69) is 136 Å². The Kier molecular flexibility index (Phi) is 7.08. The molecular formula is C39H40. The van der Waals surface area contributed by atoms with Crippen molar-refractivity contribution in [1.82, 2.24) is 0 Å². The zero-order valence-electron chi connectivity index (χ0n) is 24.5. The van der Waals surface area contributed by atoms with E-state index in [1.807, 2.05) is 27.7 Å². The van der Waals surface area contributed by atoms with Crippen LogP contribution in [-0.2, 0) is 10.8 Å². The third-order valence-corrected chi connectivity index (χ3v) is 8.57. The van der Waals surface area contributed by atoms with E-state index >= 15 is 0 Å². The Hall–Kier alpha value is -3.90. The van der Waals surface area contributed by atoms with Gasteiger partial charge in [-0.2, -0.15) is 0 Å². The van der Waals surface area contributed by atoms with Gasteiger partial charge in [-0.05, 0) is 74.2 Å². The molecule has 0 N–H and O–H groups in total. The molecule has 0 bridgehead atoms. The van der Waals surface area contributed by atoms with E-state index in [-0.39, 0.29) is 10.8 Å². The lowest BCUT2D eigenvalue weighted by Gasteiger charge is -2.31. The van der Waals surface area contributed by atoms with Gasteiger partial charge in [0.05, 0.1) is 0 Å². The summed E-state index contributed by atoms with van der Waals surface area (Å²) in [4.78, 5) is 0. The first-order valence-electron chi connectivity index (χ1n) is 14.5. The average molecular weight is 509 g/mol. The van der Waals surface area contributed by atoms with Crippen molar-refractivity contribution in [3.63, 3.8) is 0 Å². The number of hydrogen-bond acceptors (Lipinski definition) is 0. The lowest BCUT2D eigenvalue weighted by molar-refractivity contribution is 0.656. The summed E-state index contributed by atoms with van der Waals surface area (Å²) < 4.78 is 0. The second-order valence-electron chi connectivity index (χ2n) is 10.7. The van der Waals surface area contributed by atoms with Gasteiger partial charge in [0.1, 0.15) is 0 Å². The van der Waals surface area contributed by atoms with Crippen LogP contribution in [0.25, 0.3) is 33.4 Å². The Bertz CT molecular complexity index is 1570. The Morgan fingerprint density at radius 2 is 0.897 bits per heavy atom. The van der Waals surface area contributed by atoms with Crippen molar-refractivity contribution in [1.29, 1.82) is 0 Å². The molecule has 2 aliphatic rings. The molecule has 5 aromatic rings. The van der Waals surface area contributed by atoms with E-state index in [1.165, 1.54) is 61.2 Å². The fraction of sp³-hybridized carbons (Fsp3) is 0.231. The van der Waals surface area contributed by atoms with Crippen LogP contribution in [0.2, 0.25) is 0 Å². The lowest BCUT2D eigenvalue weighted by Crippen LogP contribution is -2.24. The molecule has 0 nitrogen and oxygen atoms in total. The van der Waals surface area contributed by atoms with E-state index in [1.54, 1.807) is 0 Å². The number of fused-ring (bicyclic) bond motifs is 6. The Morgan fingerprint density at radius 3 is 1.51 bits per heavy atom. The Labute approximate surface area is 235 Å². The minimum absolute atomic E-state index is 0.0561. The topological polar surface area (TPSA) is 0 Å². The molecule has 0 saturated heterocycles. The van der Waals surface area contributed by atoms with Crippen LogP contribution in [0.1, 0.15) is 76.3 Å². The first-order valence-corrected chi connectivity index (χ1v) is 14.5. The van der Waals surface area contributed by atoms with Crippen molar-refractivity contribution >= 4 is 0 Å². The highest BCUT2D eigenvalue weighted by Crippen LogP contribution is 2.58. The van der Waals surface area contributed by atoms with Gasteiger partial charge >= 0.3 is 0 Å². The second-order valence-corrected chi connectivity index (χ2v) is 10.7. The third-order valence-electron chi connectivity index (χ3n) is 8.57. The molecule has 2 aliphatic carbocycles. The molecule has 0 aliphatic heterocycles. The summed E-state index contributed by atoms with van der Waals surface area (Å²) in [5, 5.41) is 0. The summed E-state index contributed by atoms with van der Waals surface area (Å²) >= 11 is 0. The first kappa shape index (κ1) is 26.7. The van der Waals surface area contributed by atoms with Gasteiger partial charge in [0, 0.05) is 10.8 Å².